The zero-order valence-corrected chi connectivity index (χ0v) is 21.4. The molecular formula is C26H51BrO2. The predicted octanol–water partition coefficient (Wildman–Crippen LogP) is 9.52. The van der Waals surface area contributed by atoms with E-state index in [0.29, 0.717) is 17.9 Å². The first kappa shape index (κ1) is 28.9. The zero-order valence-electron chi connectivity index (χ0n) is 19.8. The monoisotopic (exact) mass is 474 g/mol. The van der Waals surface area contributed by atoms with Crippen molar-refractivity contribution in [3.8, 4) is 0 Å². The number of carbonyl (C=O) groups is 1. The summed E-state index contributed by atoms with van der Waals surface area (Å²) in [4.78, 5) is 11.8. The smallest absolute Gasteiger partial charge is 0.305 e. The Morgan fingerprint density at radius 1 is 0.621 bits per heavy atom. The van der Waals surface area contributed by atoms with Gasteiger partial charge in [-0.15, -0.1) is 0 Å². The highest BCUT2D eigenvalue weighted by Crippen LogP contribution is 2.18. The number of alkyl halides is 1. The fourth-order valence-corrected chi connectivity index (χ4v) is 4.47. The average molecular weight is 476 g/mol. The van der Waals surface area contributed by atoms with Gasteiger partial charge in [-0.2, -0.15) is 0 Å². The molecule has 0 aliphatic rings. The number of rotatable bonds is 23. The molecule has 0 aliphatic carbocycles. The van der Waals surface area contributed by atoms with Gasteiger partial charge in [0, 0.05) is 11.2 Å². The van der Waals surface area contributed by atoms with Crippen molar-refractivity contribution in [2.45, 2.75) is 154 Å². The molecule has 0 aromatic rings. The summed E-state index contributed by atoms with van der Waals surface area (Å²) in [5.41, 5.74) is 0. The maximum Gasteiger partial charge on any atom is 0.305 e. The topological polar surface area (TPSA) is 26.3 Å². The lowest BCUT2D eigenvalue weighted by Crippen LogP contribution is -2.07. The molecule has 0 aromatic heterocycles. The van der Waals surface area contributed by atoms with E-state index in [1.165, 1.54) is 122 Å². The van der Waals surface area contributed by atoms with Crippen molar-refractivity contribution in [3.05, 3.63) is 0 Å². The molecule has 0 radical (unpaired) electrons. The van der Waals surface area contributed by atoms with Crippen LogP contribution in [0, 0.1) is 0 Å². The molecule has 0 saturated carbocycles. The molecule has 0 saturated heterocycles. The standard InChI is InChI=1S/C26H51BrO2/c1-3-5-6-7-8-9-10-11-12-13-14-15-16-17-18-19-20-21-22-25(27)23-24-26(28)29-4-2/h25H,3-24H2,1-2H3. The molecule has 1 unspecified atom stereocenters. The van der Waals surface area contributed by atoms with Crippen LogP contribution >= 0.6 is 15.9 Å². The Bertz CT molecular complexity index is 333. The molecule has 0 rings (SSSR count). The summed E-state index contributed by atoms with van der Waals surface area (Å²) in [5.74, 6) is -0.0604. The second kappa shape index (κ2) is 24.2. The molecule has 174 valence electrons. The summed E-state index contributed by atoms with van der Waals surface area (Å²) in [6.45, 7) is 4.64. The van der Waals surface area contributed by atoms with Crippen LogP contribution in [0.2, 0.25) is 0 Å². The molecule has 0 heterocycles. The van der Waals surface area contributed by atoms with Crippen LogP contribution in [0.15, 0.2) is 0 Å². The van der Waals surface area contributed by atoms with Crippen LogP contribution in [0.3, 0.4) is 0 Å². The second-order valence-electron chi connectivity index (χ2n) is 8.74. The molecule has 0 fully saturated rings. The lowest BCUT2D eigenvalue weighted by molar-refractivity contribution is -0.143. The van der Waals surface area contributed by atoms with Crippen molar-refractivity contribution in [2.24, 2.45) is 0 Å². The molecule has 1 atom stereocenters. The minimum Gasteiger partial charge on any atom is -0.466 e. The first-order chi connectivity index (χ1) is 14.2. The third-order valence-corrected chi connectivity index (χ3v) is 6.75. The maximum atomic E-state index is 11.3. The third kappa shape index (κ3) is 24.1. The second-order valence-corrected chi connectivity index (χ2v) is 10.0. The zero-order chi connectivity index (χ0) is 21.4. The molecule has 0 N–H and O–H groups in total. The number of halogens is 1. The highest BCUT2D eigenvalue weighted by molar-refractivity contribution is 9.09. The third-order valence-electron chi connectivity index (χ3n) is 5.84. The van der Waals surface area contributed by atoms with Gasteiger partial charge in [-0.3, -0.25) is 4.79 Å². The van der Waals surface area contributed by atoms with E-state index in [1.807, 2.05) is 6.92 Å². The Morgan fingerprint density at radius 3 is 1.38 bits per heavy atom. The van der Waals surface area contributed by atoms with Crippen molar-refractivity contribution in [1.82, 2.24) is 0 Å². The van der Waals surface area contributed by atoms with Gasteiger partial charge in [0.2, 0.25) is 0 Å². The highest BCUT2D eigenvalue weighted by Gasteiger charge is 2.08. The predicted molar refractivity (Wildman–Crippen MR) is 132 cm³/mol. The van der Waals surface area contributed by atoms with E-state index in [-0.39, 0.29) is 5.97 Å². The van der Waals surface area contributed by atoms with Gasteiger partial charge >= 0.3 is 5.97 Å². The van der Waals surface area contributed by atoms with Gasteiger partial charge in [-0.05, 0) is 19.8 Å². The van der Waals surface area contributed by atoms with Crippen molar-refractivity contribution < 1.29 is 9.53 Å². The molecular weight excluding hydrogens is 424 g/mol. The van der Waals surface area contributed by atoms with Crippen LogP contribution in [0.1, 0.15) is 149 Å². The summed E-state index contributed by atoms with van der Waals surface area (Å²) in [6, 6.07) is 0. The lowest BCUT2D eigenvalue weighted by Gasteiger charge is -2.09. The number of hydrogen-bond acceptors (Lipinski definition) is 2. The van der Waals surface area contributed by atoms with Crippen LogP contribution in [0.5, 0.6) is 0 Å². The molecule has 3 heteroatoms. The lowest BCUT2D eigenvalue weighted by atomic mass is 10.0. The van der Waals surface area contributed by atoms with Gasteiger partial charge in [-0.25, -0.2) is 0 Å². The molecule has 2 nitrogen and oxygen atoms in total. The Kier molecular flexibility index (Phi) is 24.2. The number of unbranched alkanes of at least 4 members (excludes halogenated alkanes) is 17. The van der Waals surface area contributed by atoms with Gasteiger partial charge in [0.05, 0.1) is 6.61 Å². The summed E-state index contributed by atoms with van der Waals surface area (Å²) < 4.78 is 4.97. The van der Waals surface area contributed by atoms with E-state index < -0.39 is 0 Å². The van der Waals surface area contributed by atoms with Crippen LogP contribution < -0.4 is 0 Å². The Hall–Kier alpha value is -0.0500. The van der Waals surface area contributed by atoms with Crippen LogP contribution in [0.4, 0.5) is 0 Å². The first-order valence-corrected chi connectivity index (χ1v) is 13.9. The Balaban J connectivity index is 3.14. The van der Waals surface area contributed by atoms with Crippen molar-refractivity contribution in [1.29, 1.82) is 0 Å². The first-order valence-electron chi connectivity index (χ1n) is 13.0. The van der Waals surface area contributed by atoms with E-state index in [4.69, 9.17) is 4.74 Å². The number of esters is 1. The number of ether oxygens (including phenoxy) is 1. The maximum absolute atomic E-state index is 11.3. The molecule has 0 amide bonds. The van der Waals surface area contributed by atoms with Gasteiger partial charge < -0.3 is 4.74 Å². The Morgan fingerprint density at radius 2 is 1.00 bits per heavy atom. The van der Waals surface area contributed by atoms with E-state index >= 15 is 0 Å². The van der Waals surface area contributed by atoms with E-state index in [9.17, 15) is 4.79 Å². The molecule has 0 spiro atoms. The van der Waals surface area contributed by atoms with Gasteiger partial charge in [-0.1, -0.05) is 138 Å². The van der Waals surface area contributed by atoms with Crippen LogP contribution in [0.25, 0.3) is 0 Å². The summed E-state index contributed by atoms with van der Waals surface area (Å²) in [6.07, 6.45) is 28.2. The van der Waals surface area contributed by atoms with Crippen molar-refractivity contribution in [3.63, 3.8) is 0 Å². The van der Waals surface area contributed by atoms with Crippen LogP contribution in [-0.4, -0.2) is 17.4 Å². The molecule has 0 bridgehead atoms. The van der Waals surface area contributed by atoms with Gasteiger partial charge in [0.15, 0.2) is 0 Å². The normalized spacial score (nSPS) is 12.2. The SMILES string of the molecule is CCCCCCCCCCCCCCCCCCCCC(Br)CCC(=O)OCC. The number of hydrogen-bond donors (Lipinski definition) is 0. The van der Waals surface area contributed by atoms with Crippen LogP contribution in [-0.2, 0) is 9.53 Å². The Labute approximate surface area is 191 Å². The van der Waals surface area contributed by atoms with Gasteiger partial charge in [0.1, 0.15) is 0 Å². The van der Waals surface area contributed by atoms with E-state index in [1.54, 1.807) is 0 Å². The minimum atomic E-state index is -0.0604. The molecule has 29 heavy (non-hydrogen) atoms. The fourth-order valence-electron chi connectivity index (χ4n) is 3.92. The van der Waals surface area contributed by atoms with Gasteiger partial charge in [0.25, 0.3) is 0 Å². The quantitative estimate of drug-likeness (QED) is 0.0835. The largest absolute Gasteiger partial charge is 0.466 e. The summed E-state index contributed by atoms with van der Waals surface area (Å²) >= 11 is 3.70. The molecule has 0 aromatic carbocycles. The minimum absolute atomic E-state index is 0.0604. The highest BCUT2D eigenvalue weighted by atomic mass is 79.9. The van der Waals surface area contributed by atoms with E-state index in [2.05, 4.69) is 22.9 Å². The number of carbonyl (C=O) groups excluding carboxylic acids is 1. The fraction of sp³-hybridized carbons (Fsp3) is 0.962. The summed E-state index contributed by atoms with van der Waals surface area (Å²) in [5, 5.41) is 0. The molecule has 0 aliphatic heterocycles. The van der Waals surface area contributed by atoms with Crippen molar-refractivity contribution in [2.75, 3.05) is 6.61 Å². The van der Waals surface area contributed by atoms with E-state index in [0.717, 1.165) is 6.42 Å². The average Bonchev–Trinajstić information content (AvgIpc) is 2.71. The summed E-state index contributed by atoms with van der Waals surface area (Å²) in [7, 11) is 0. The van der Waals surface area contributed by atoms with Crippen molar-refractivity contribution >= 4 is 21.9 Å².